The second-order valence-electron chi connectivity index (χ2n) is 6.57. The van der Waals surface area contributed by atoms with Gasteiger partial charge < -0.3 is 10.1 Å². The van der Waals surface area contributed by atoms with Gasteiger partial charge in [-0.1, -0.05) is 30.0 Å². The first-order chi connectivity index (χ1) is 14.7. The van der Waals surface area contributed by atoms with Crippen LogP contribution in [0.25, 0.3) is 16.7 Å². The van der Waals surface area contributed by atoms with E-state index in [9.17, 15) is 4.79 Å². The maximum absolute atomic E-state index is 12.4. The standard InChI is InChI=1S/C23H22N4O2S/c1-2-29-19-11-9-18(10-12-19)27-21-8-4-3-7-20(21)26-23(27)30-16-22(28)25-15-17-6-5-13-24-14-17/h3-14H,2,15-16H2,1H3,(H,25,28). The fraction of sp³-hybridized carbons (Fsp3) is 0.174. The number of amides is 1. The van der Waals surface area contributed by atoms with E-state index in [4.69, 9.17) is 9.72 Å². The molecule has 0 aliphatic heterocycles. The van der Waals surface area contributed by atoms with Crippen molar-refractivity contribution in [2.45, 2.75) is 18.6 Å². The first-order valence-electron chi connectivity index (χ1n) is 9.73. The molecule has 4 aromatic rings. The lowest BCUT2D eigenvalue weighted by molar-refractivity contribution is -0.118. The number of carbonyl (C=O) groups excluding carboxylic acids is 1. The molecule has 2 heterocycles. The average molecular weight is 419 g/mol. The molecule has 1 amide bonds. The van der Waals surface area contributed by atoms with Gasteiger partial charge in [-0.3, -0.25) is 14.3 Å². The molecule has 0 saturated heterocycles. The van der Waals surface area contributed by atoms with Crippen LogP contribution in [0.3, 0.4) is 0 Å². The highest BCUT2D eigenvalue weighted by molar-refractivity contribution is 7.99. The molecule has 0 unspecified atom stereocenters. The van der Waals surface area contributed by atoms with Gasteiger partial charge in [-0.2, -0.15) is 0 Å². The fourth-order valence-electron chi connectivity index (χ4n) is 3.09. The molecule has 152 valence electrons. The van der Waals surface area contributed by atoms with Crippen molar-refractivity contribution in [3.63, 3.8) is 0 Å². The topological polar surface area (TPSA) is 69.0 Å². The highest BCUT2D eigenvalue weighted by Crippen LogP contribution is 2.28. The number of nitrogens with one attached hydrogen (secondary N) is 1. The summed E-state index contributed by atoms with van der Waals surface area (Å²) in [6.45, 7) is 3.05. The molecule has 4 rings (SSSR count). The molecule has 0 saturated carbocycles. The van der Waals surface area contributed by atoms with Crippen LogP contribution < -0.4 is 10.1 Å². The Balaban J connectivity index is 1.52. The summed E-state index contributed by atoms with van der Waals surface area (Å²) in [4.78, 5) is 21.2. The fourth-order valence-corrected chi connectivity index (χ4v) is 3.95. The van der Waals surface area contributed by atoms with E-state index < -0.39 is 0 Å². The summed E-state index contributed by atoms with van der Waals surface area (Å²) in [5.74, 6) is 1.06. The summed E-state index contributed by atoms with van der Waals surface area (Å²) >= 11 is 1.42. The van der Waals surface area contributed by atoms with Gasteiger partial charge in [0.15, 0.2) is 5.16 Å². The average Bonchev–Trinajstić information content (AvgIpc) is 3.16. The minimum Gasteiger partial charge on any atom is -0.494 e. The lowest BCUT2D eigenvalue weighted by Gasteiger charge is -2.10. The van der Waals surface area contributed by atoms with Crippen LogP contribution >= 0.6 is 11.8 Å². The summed E-state index contributed by atoms with van der Waals surface area (Å²) < 4.78 is 7.62. The number of para-hydroxylation sites is 2. The predicted octanol–water partition coefficient (Wildman–Crippen LogP) is 4.23. The van der Waals surface area contributed by atoms with Crippen molar-refractivity contribution >= 4 is 28.7 Å². The molecule has 1 N–H and O–H groups in total. The molecule has 6 nitrogen and oxygen atoms in total. The number of imidazole rings is 1. The zero-order valence-electron chi connectivity index (χ0n) is 16.6. The van der Waals surface area contributed by atoms with E-state index in [2.05, 4.69) is 14.9 Å². The predicted molar refractivity (Wildman–Crippen MR) is 119 cm³/mol. The van der Waals surface area contributed by atoms with Crippen LogP contribution in [0.5, 0.6) is 5.75 Å². The van der Waals surface area contributed by atoms with Crippen molar-refractivity contribution in [1.82, 2.24) is 19.9 Å². The van der Waals surface area contributed by atoms with Crippen LogP contribution in [-0.2, 0) is 11.3 Å². The Morgan fingerprint density at radius 3 is 2.70 bits per heavy atom. The first-order valence-corrected chi connectivity index (χ1v) is 10.7. The quantitative estimate of drug-likeness (QED) is 0.434. The number of rotatable bonds is 8. The number of hydrogen-bond acceptors (Lipinski definition) is 5. The monoisotopic (exact) mass is 418 g/mol. The Kier molecular flexibility index (Phi) is 6.29. The number of pyridine rings is 1. The van der Waals surface area contributed by atoms with Crippen LogP contribution in [0.1, 0.15) is 12.5 Å². The van der Waals surface area contributed by atoms with Gasteiger partial charge in [0.2, 0.25) is 5.91 Å². The summed E-state index contributed by atoms with van der Waals surface area (Å²) in [7, 11) is 0. The van der Waals surface area contributed by atoms with Crippen LogP contribution in [0, 0.1) is 0 Å². The smallest absolute Gasteiger partial charge is 0.230 e. The van der Waals surface area contributed by atoms with Crippen LogP contribution in [0.4, 0.5) is 0 Å². The molecule has 0 fully saturated rings. The number of carbonyl (C=O) groups is 1. The number of ether oxygens (including phenoxy) is 1. The number of fused-ring (bicyclic) bond motifs is 1. The summed E-state index contributed by atoms with van der Waals surface area (Å²) in [6.07, 6.45) is 3.46. The molecule has 0 aliphatic rings. The van der Waals surface area contributed by atoms with Crippen LogP contribution in [0.2, 0.25) is 0 Å². The molecule has 2 aromatic heterocycles. The van der Waals surface area contributed by atoms with Gasteiger partial charge in [0.25, 0.3) is 0 Å². The largest absolute Gasteiger partial charge is 0.494 e. The molecule has 0 spiro atoms. The number of hydrogen-bond donors (Lipinski definition) is 1. The van der Waals surface area contributed by atoms with Crippen molar-refractivity contribution in [3.8, 4) is 11.4 Å². The van der Waals surface area contributed by atoms with Gasteiger partial charge >= 0.3 is 0 Å². The Labute approximate surface area is 179 Å². The maximum Gasteiger partial charge on any atom is 0.230 e. The van der Waals surface area contributed by atoms with E-state index in [1.807, 2.05) is 67.6 Å². The molecule has 0 atom stereocenters. The molecule has 0 aliphatic carbocycles. The van der Waals surface area contributed by atoms with E-state index in [0.29, 0.717) is 13.2 Å². The van der Waals surface area contributed by atoms with Gasteiger partial charge in [0, 0.05) is 24.6 Å². The van der Waals surface area contributed by atoms with Crippen molar-refractivity contribution in [2.24, 2.45) is 0 Å². The summed E-state index contributed by atoms with van der Waals surface area (Å²) in [5, 5.41) is 3.71. The summed E-state index contributed by atoms with van der Waals surface area (Å²) in [6, 6.07) is 19.7. The minimum absolute atomic E-state index is 0.0471. The second kappa shape index (κ2) is 9.45. The lowest BCUT2D eigenvalue weighted by atomic mass is 10.2. The van der Waals surface area contributed by atoms with Gasteiger partial charge in [-0.25, -0.2) is 4.98 Å². The number of aromatic nitrogens is 3. The lowest BCUT2D eigenvalue weighted by Crippen LogP contribution is -2.24. The Bertz CT molecular complexity index is 1130. The van der Waals surface area contributed by atoms with Gasteiger partial charge in [0.1, 0.15) is 5.75 Å². The number of benzene rings is 2. The maximum atomic E-state index is 12.4. The van der Waals surface area contributed by atoms with Gasteiger partial charge in [0.05, 0.1) is 23.4 Å². The zero-order valence-corrected chi connectivity index (χ0v) is 17.4. The van der Waals surface area contributed by atoms with Crippen molar-refractivity contribution in [1.29, 1.82) is 0 Å². The third-order valence-corrected chi connectivity index (χ3v) is 5.42. The van der Waals surface area contributed by atoms with Crippen LogP contribution in [0.15, 0.2) is 78.2 Å². The Morgan fingerprint density at radius 2 is 1.93 bits per heavy atom. The zero-order chi connectivity index (χ0) is 20.8. The number of thioether (sulfide) groups is 1. The van der Waals surface area contributed by atoms with Gasteiger partial charge in [-0.15, -0.1) is 0 Å². The minimum atomic E-state index is -0.0471. The summed E-state index contributed by atoms with van der Waals surface area (Å²) in [5.41, 5.74) is 3.84. The SMILES string of the molecule is CCOc1ccc(-n2c(SCC(=O)NCc3cccnc3)nc3ccccc32)cc1. The molecule has 0 radical (unpaired) electrons. The van der Waals surface area contributed by atoms with E-state index in [0.717, 1.165) is 33.2 Å². The molecule has 0 bridgehead atoms. The molecule has 30 heavy (non-hydrogen) atoms. The third-order valence-electron chi connectivity index (χ3n) is 4.48. The van der Waals surface area contributed by atoms with Crippen molar-refractivity contribution in [3.05, 3.63) is 78.6 Å². The van der Waals surface area contributed by atoms with E-state index >= 15 is 0 Å². The van der Waals surface area contributed by atoms with E-state index in [1.165, 1.54) is 11.8 Å². The molecule has 7 heteroatoms. The Morgan fingerprint density at radius 1 is 1.10 bits per heavy atom. The highest BCUT2D eigenvalue weighted by atomic mass is 32.2. The Hall–Kier alpha value is -3.32. The molecule has 2 aromatic carbocycles. The third kappa shape index (κ3) is 4.63. The highest BCUT2D eigenvalue weighted by Gasteiger charge is 2.14. The normalized spacial score (nSPS) is 10.8. The van der Waals surface area contributed by atoms with E-state index in [1.54, 1.807) is 12.4 Å². The second-order valence-corrected chi connectivity index (χ2v) is 7.51. The molecular formula is C23H22N4O2S. The molecular weight excluding hydrogens is 396 g/mol. The number of nitrogens with zero attached hydrogens (tertiary/aromatic N) is 3. The first kappa shape index (κ1) is 20.0. The van der Waals surface area contributed by atoms with Crippen LogP contribution in [-0.4, -0.2) is 32.8 Å². The van der Waals surface area contributed by atoms with Gasteiger partial charge in [-0.05, 0) is 55.0 Å². The van der Waals surface area contributed by atoms with Crippen molar-refractivity contribution < 1.29 is 9.53 Å². The van der Waals surface area contributed by atoms with Crippen molar-refractivity contribution in [2.75, 3.05) is 12.4 Å². The van der Waals surface area contributed by atoms with E-state index in [-0.39, 0.29) is 11.7 Å².